The van der Waals surface area contributed by atoms with Gasteiger partial charge in [0.05, 0.1) is 23.0 Å². The van der Waals surface area contributed by atoms with Gasteiger partial charge in [0.1, 0.15) is 5.75 Å². The molecule has 3 aromatic rings. The summed E-state index contributed by atoms with van der Waals surface area (Å²) in [6, 6.07) is 12.4. The number of fused-ring (bicyclic) bond motifs is 1. The van der Waals surface area contributed by atoms with Crippen molar-refractivity contribution >= 4 is 62.5 Å². The smallest absolute Gasteiger partial charge is 0.260 e. The Morgan fingerprint density at radius 3 is 2.43 bits per heavy atom. The lowest BCUT2D eigenvalue weighted by atomic mass is 10.1. The van der Waals surface area contributed by atoms with Crippen LogP contribution in [-0.2, 0) is 9.59 Å². The minimum Gasteiger partial charge on any atom is -0.497 e. The van der Waals surface area contributed by atoms with Crippen LogP contribution in [0.1, 0.15) is 37.0 Å². The van der Waals surface area contributed by atoms with Crippen LogP contribution in [0.4, 0.5) is 10.8 Å². The summed E-state index contributed by atoms with van der Waals surface area (Å²) in [6.45, 7) is 7.10. The Hall–Kier alpha value is -3.01. The highest BCUT2D eigenvalue weighted by Gasteiger charge is 2.31. The first kappa shape index (κ1) is 26.6. The van der Waals surface area contributed by atoms with Crippen LogP contribution in [0.3, 0.4) is 0 Å². The number of likely N-dealkylation sites (N-methyl/N-ethyl adjacent to an activating group) is 1. The zero-order valence-corrected chi connectivity index (χ0v) is 21.7. The lowest BCUT2D eigenvalue weighted by Gasteiger charge is -2.25. The summed E-state index contributed by atoms with van der Waals surface area (Å²) < 4.78 is 6.27. The molecule has 0 bridgehead atoms. The molecule has 2 heterocycles. The van der Waals surface area contributed by atoms with Crippen molar-refractivity contribution in [2.24, 2.45) is 0 Å². The van der Waals surface area contributed by atoms with Crippen LogP contribution in [0, 0.1) is 0 Å². The highest BCUT2D eigenvalue weighted by Crippen LogP contribution is 2.32. The molecule has 0 saturated carbocycles. The number of imide groups is 1. The molecule has 2 aromatic carbocycles. The molecular formula is C25H29ClN4O4S. The summed E-state index contributed by atoms with van der Waals surface area (Å²) in [6.07, 6.45) is 0.393. The van der Waals surface area contributed by atoms with Gasteiger partial charge >= 0.3 is 0 Å². The summed E-state index contributed by atoms with van der Waals surface area (Å²) in [5.41, 5.74) is 1.60. The van der Waals surface area contributed by atoms with Crippen LogP contribution in [-0.4, -0.2) is 60.9 Å². The van der Waals surface area contributed by atoms with Gasteiger partial charge in [0, 0.05) is 37.6 Å². The summed E-state index contributed by atoms with van der Waals surface area (Å²) >= 11 is 1.45. The normalized spacial score (nSPS) is 13.4. The number of hydrogen-bond acceptors (Lipinski definition) is 7. The number of thiazole rings is 1. The highest BCUT2D eigenvalue weighted by atomic mass is 35.5. The van der Waals surface area contributed by atoms with E-state index in [1.165, 1.54) is 16.2 Å². The lowest BCUT2D eigenvalue weighted by molar-refractivity contribution is -0.121. The van der Waals surface area contributed by atoms with E-state index in [-0.39, 0.29) is 43.0 Å². The number of methoxy groups -OCH3 is 1. The van der Waals surface area contributed by atoms with E-state index in [0.717, 1.165) is 23.3 Å². The van der Waals surface area contributed by atoms with Gasteiger partial charge in [-0.05, 0) is 43.4 Å². The van der Waals surface area contributed by atoms with Crippen LogP contribution in [0.15, 0.2) is 42.5 Å². The summed E-state index contributed by atoms with van der Waals surface area (Å²) in [4.78, 5) is 48.0. The molecule has 0 unspecified atom stereocenters. The van der Waals surface area contributed by atoms with E-state index in [0.29, 0.717) is 35.2 Å². The third-order valence-electron chi connectivity index (χ3n) is 6.00. The minimum absolute atomic E-state index is 0. The summed E-state index contributed by atoms with van der Waals surface area (Å²) in [7, 11) is 1.61. The van der Waals surface area contributed by atoms with E-state index in [4.69, 9.17) is 9.72 Å². The van der Waals surface area contributed by atoms with Crippen molar-refractivity contribution in [1.29, 1.82) is 0 Å². The van der Waals surface area contributed by atoms with E-state index >= 15 is 0 Å². The van der Waals surface area contributed by atoms with Crippen molar-refractivity contribution in [3.8, 4) is 5.75 Å². The Kier molecular flexibility index (Phi) is 8.82. The first-order valence-corrected chi connectivity index (χ1v) is 12.2. The van der Waals surface area contributed by atoms with Crippen molar-refractivity contribution in [3.05, 3.63) is 48.0 Å². The van der Waals surface area contributed by atoms with Gasteiger partial charge in [-0.15, -0.1) is 12.4 Å². The topological polar surface area (TPSA) is 83.0 Å². The molecule has 0 spiro atoms. The molecule has 0 aliphatic carbocycles. The minimum atomic E-state index is -0.242. The fourth-order valence-electron chi connectivity index (χ4n) is 4.00. The number of hydrogen-bond donors (Lipinski definition) is 0. The third kappa shape index (κ3) is 5.63. The Morgan fingerprint density at radius 2 is 1.77 bits per heavy atom. The standard InChI is InChI=1S/C25H28N4O4S.ClH/c1-4-27(5-2)13-14-28(25-26-20-16-19(33-3)9-10-21(20)34-25)24(32)17-7-6-8-18(15-17)29-22(30)11-12-23(29)31;/h6-10,15-16H,4-5,11-14H2,1-3H3;1H. The largest absolute Gasteiger partial charge is 0.497 e. The average molecular weight is 517 g/mol. The molecule has 1 aliphatic heterocycles. The second kappa shape index (κ2) is 11.6. The molecule has 0 radical (unpaired) electrons. The van der Waals surface area contributed by atoms with Crippen LogP contribution >= 0.6 is 23.7 Å². The van der Waals surface area contributed by atoms with Gasteiger partial charge in [0.2, 0.25) is 11.8 Å². The van der Waals surface area contributed by atoms with E-state index < -0.39 is 0 Å². The average Bonchev–Trinajstić information content (AvgIpc) is 3.43. The number of nitrogens with zero attached hydrogens (tertiary/aromatic N) is 4. The fourth-order valence-corrected chi connectivity index (χ4v) is 4.97. The van der Waals surface area contributed by atoms with E-state index in [2.05, 4.69) is 18.7 Å². The number of halogens is 1. The molecule has 1 aromatic heterocycles. The molecule has 0 atom stereocenters. The molecule has 1 fully saturated rings. The highest BCUT2D eigenvalue weighted by molar-refractivity contribution is 7.22. The first-order valence-electron chi connectivity index (χ1n) is 11.4. The van der Waals surface area contributed by atoms with Gasteiger partial charge in [-0.2, -0.15) is 0 Å². The van der Waals surface area contributed by atoms with Crippen LogP contribution in [0.5, 0.6) is 5.75 Å². The molecule has 8 nitrogen and oxygen atoms in total. The number of carbonyl (C=O) groups is 3. The maximum atomic E-state index is 13.7. The number of ether oxygens (including phenoxy) is 1. The molecule has 4 rings (SSSR count). The predicted octanol–water partition coefficient (Wildman–Crippen LogP) is 4.37. The van der Waals surface area contributed by atoms with Crippen LogP contribution in [0.25, 0.3) is 10.2 Å². The summed E-state index contributed by atoms with van der Waals surface area (Å²) in [5.74, 6) is -0.00152. The SMILES string of the molecule is CCN(CC)CCN(C(=O)c1cccc(N2C(=O)CCC2=O)c1)c1nc2cc(OC)ccc2s1.Cl. The van der Waals surface area contributed by atoms with Gasteiger partial charge < -0.3 is 9.64 Å². The maximum absolute atomic E-state index is 13.7. The van der Waals surface area contributed by atoms with Crippen molar-refractivity contribution < 1.29 is 19.1 Å². The lowest BCUT2D eigenvalue weighted by Crippen LogP contribution is -2.39. The molecule has 3 amide bonds. The summed E-state index contributed by atoms with van der Waals surface area (Å²) in [5, 5.41) is 0.596. The van der Waals surface area contributed by atoms with Gasteiger partial charge in [-0.1, -0.05) is 31.3 Å². The van der Waals surface area contributed by atoms with Gasteiger partial charge in [-0.25, -0.2) is 4.98 Å². The molecular weight excluding hydrogens is 488 g/mol. The van der Waals surface area contributed by atoms with Crippen LogP contribution < -0.4 is 14.5 Å². The Morgan fingerprint density at radius 1 is 1.06 bits per heavy atom. The van der Waals surface area contributed by atoms with Crippen molar-refractivity contribution in [2.45, 2.75) is 26.7 Å². The maximum Gasteiger partial charge on any atom is 0.260 e. The quantitative estimate of drug-likeness (QED) is 0.393. The zero-order chi connectivity index (χ0) is 24.2. The molecule has 0 N–H and O–H groups in total. The second-order valence-corrected chi connectivity index (χ2v) is 9.00. The van der Waals surface area contributed by atoms with Gasteiger partial charge in [0.25, 0.3) is 5.91 Å². The van der Waals surface area contributed by atoms with Gasteiger partial charge in [-0.3, -0.25) is 24.2 Å². The van der Waals surface area contributed by atoms with E-state index in [9.17, 15) is 14.4 Å². The van der Waals surface area contributed by atoms with Crippen LogP contribution in [0.2, 0.25) is 0 Å². The second-order valence-electron chi connectivity index (χ2n) is 7.99. The van der Waals surface area contributed by atoms with Crippen molar-refractivity contribution in [1.82, 2.24) is 9.88 Å². The third-order valence-corrected chi connectivity index (χ3v) is 7.06. The van der Waals surface area contributed by atoms with E-state index in [1.54, 1.807) is 36.3 Å². The Bertz CT molecular complexity index is 1210. The number of rotatable bonds is 9. The fraction of sp³-hybridized carbons (Fsp3) is 0.360. The van der Waals surface area contributed by atoms with E-state index in [1.807, 2.05) is 18.2 Å². The van der Waals surface area contributed by atoms with Crippen molar-refractivity contribution in [2.75, 3.05) is 43.1 Å². The number of carbonyl (C=O) groups excluding carboxylic acids is 3. The Labute approximate surface area is 214 Å². The first-order chi connectivity index (χ1) is 16.4. The molecule has 10 heteroatoms. The molecule has 1 saturated heterocycles. The molecule has 35 heavy (non-hydrogen) atoms. The van der Waals surface area contributed by atoms with Crippen molar-refractivity contribution in [3.63, 3.8) is 0 Å². The number of amides is 3. The molecule has 186 valence electrons. The number of aromatic nitrogens is 1. The Balaban J connectivity index is 0.00000342. The van der Waals surface area contributed by atoms with Gasteiger partial charge in [0.15, 0.2) is 5.13 Å². The number of anilines is 2. The monoisotopic (exact) mass is 516 g/mol. The zero-order valence-electron chi connectivity index (χ0n) is 20.0. The predicted molar refractivity (Wildman–Crippen MR) is 141 cm³/mol. The molecule has 1 aliphatic rings. The number of benzene rings is 2.